The number of rotatable bonds is 10. The number of aromatic nitrogens is 5. The first-order chi connectivity index (χ1) is 15.0. The van der Waals surface area contributed by atoms with E-state index < -0.39 is 11.2 Å². The van der Waals surface area contributed by atoms with Crippen LogP contribution in [-0.4, -0.2) is 56.1 Å². The second-order valence-electron chi connectivity index (χ2n) is 6.74. The fourth-order valence-electron chi connectivity index (χ4n) is 3.04. The van der Waals surface area contributed by atoms with E-state index in [1.807, 2.05) is 25.1 Å². The molecule has 0 fully saturated rings. The fourth-order valence-corrected chi connectivity index (χ4v) is 3.84. The van der Waals surface area contributed by atoms with Crippen molar-refractivity contribution in [1.29, 1.82) is 0 Å². The summed E-state index contributed by atoms with van der Waals surface area (Å²) in [4.78, 5) is 41.4. The molecule has 0 unspecified atom stereocenters. The summed E-state index contributed by atoms with van der Waals surface area (Å²) in [5, 5.41) is 8.71. The van der Waals surface area contributed by atoms with Crippen LogP contribution in [0.5, 0.6) is 0 Å². The monoisotopic (exact) mass is 447 g/mol. The van der Waals surface area contributed by atoms with Gasteiger partial charge in [-0.2, -0.15) is 0 Å². The first kappa shape index (κ1) is 22.6. The van der Waals surface area contributed by atoms with Gasteiger partial charge >= 0.3 is 5.69 Å². The van der Waals surface area contributed by atoms with Gasteiger partial charge < -0.3 is 15.4 Å². The summed E-state index contributed by atoms with van der Waals surface area (Å²) in [6.45, 7) is 2.62. The molecule has 0 aliphatic heterocycles. The van der Waals surface area contributed by atoms with Crippen LogP contribution in [0.25, 0.3) is 5.65 Å². The van der Waals surface area contributed by atoms with Crippen LogP contribution in [0.15, 0.2) is 39.1 Å². The van der Waals surface area contributed by atoms with E-state index in [9.17, 15) is 14.4 Å². The van der Waals surface area contributed by atoms with Crippen molar-refractivity contribution in [3.05, 3.63) is 45.2 Å². The Balaban J connectivity index is 1.90. The third-order valence-corrected chi connectivity index (χ3v) is 5.57. The third kappa shape index (κ3) is 4.97. The molecule has 0 saturated heterocycles. The number of methoxy groups -OCH3 is 1. The summed E-state index contributed by atoms with van der Waals surface area (Å²) in [7, 11) is 1.50. The molecule has 0 saturated carbocycles. The highest BCUT2D eigenvalue weighted by Gasteiger charge is 2.24. The van der Waals surface area contributed by atoms with Gasteiger partial charge in [0, 0.05) is 26.4 Å². The molecule has 0 spiro atoms. The molecule has 31 heavy (non-hydrogen) atoms. The van der Waals surface area contributed by atoms with Crippen LogP contribution in [-0.2, 0) is 16.1 Å². The smallest absolute Gasteiger partial charge is 0.330 e. The molecule has 0 bridgehead atoms. The highest BCUT2D eigenvalue weighted by Crippen LogP contribution is 2.21. The van der Waals surface area contributed by atoms with Crippen molar-refractivity contribution in [1.82, 2.24) is 24.1 Å². The van der Waals surface area contributed by atoms with Crippen LogP contribution in [0.2, 0.25) is 0 Å². The topological polar surface area (TPSA) is 141 Å². The number of nitrogens with one attached hydrogen (secondary N) is 1. The Kier molecular flexibility index (Phi) is 7.47. The number of hydrogen-bond acceptors (Lipinski definition) is 8. The van der Waals surface area contributed by atoms with Crippen LogP contribution in [0.3, 0.4) is 0 Å². The number of nitrogens with zero attached hydrogens (tertiary/aromatic N) is 5. The number of aromatic amines is 1. The van der Waals surface area contributed by atoms with Crippen LogP contribution in [0.4, 0.5) is 11.5 Å². The van der Waals surface area contributed by atoms with Gasteiger partial charge in [0.05, 0.1) is 12.4 Å². The largest absolute Gasteiger partial charge is 0.383 e. The minimum Gasteiger partial charge on any atom is -0.383 e. The van der Waals surface area contributed by atoms with Crippen LogP contribution >= 0.6 is 11.8 Å². The molecule has 11 nitrogen and oxygen atoms in total. The molecule has 3 aromatic heterocycles. The van der Waals surface area contributed by atoms with Gasteiger partial charge in [0.25, 0.3) is 5.56 Å². The molecule has 0 atom stereocenters. The molecule has 3 N–H and O–H groups in total. The number of hydrogen-bond donors (Lipinski definition) is 2. The Morgan fingerprint density at radius 3 is 2.87 bits per heavy atom. The number of nitrogen functional groups attached to an aromatic ring is 1. The maximum atomic E-state index is 13.1. The van der Waals surface area contributed by atoms with E-state index in [4.69, 9.17) is 10.5 Å². The number of amides is 1. The van der Waals surface area contributed by atoms with Crippen molar-refractivity contribution >= 4 is 34.8 Å². The van der Waals surface area contributed by atoms with Gasteiger partial charge in [0.15, 0.2) is 16.5 Å². The maximum absolute atomic E-state index is 13.1. The quantitative estimate of drug-likeness (QED) is 0.434. The van der Waals surface area contributed by atoms with E-state index >= 15 is 0 Å². The standard InChI is InChI=1S/C19H25N7O4S/c1-3-4-8-26-16(20)15(17(28)21-18(26)29)25(10-11-30-2)14(27)12-31-19-23-22-13-7-5-6-9-24(13)19/h5-7,9H,3-4,8,10-12,20H2,1-2H3,(H,21,28,29). The van der Waals surface area contributed by atoms with Gasteiger partial charge in [-0.15, -0.1) is 10.2 Å². The van der Waals surface area contributed by atoms with Crippen molar-refractivity contribution in [3.63, 3.8) is 0 Å². The van der Waals surface area contributed by atoms with E-state index in [1.54, 1.807) is 10.6 Å². The average molecular weight is 448 g/mol. The maximum Gasteiger partial charge on any atom is 0.330 e. The average Bonchev–Trinajstić information content (AvgIpc) is 3.17. The predicted molar refractivity (Wildman–Crippen MR) is 119 cm³/mol. The van der Waals surface area contributed by atoms with E-state index in [-0.39, 0.29) is 36.3 Å². The molecule has 0 aliphatic rings. The van der Waals surface area contributed by atoms with E-state index in [0.29, 0.717) is 23.8 Å². The highest BCUT2D eigenvalue weighted by atomic mass is 32.2. The number of ether oxygens (including phenoxy) is 1. The molecule has 1 amide bonds. The Labute approximate surface area is 182 Å². The van der Waals surface area contributed by atoms with Crippen LogP contribution in [0.1, 0.15) is 19.8 Å². The highest BCUT2D eigenvalue weighted by molar-refractivity contribution is 7.99. The number of carbonyl (C=O) groups excluding carboxylic acids is 1. The minimum absolute atomic E-state index is 0.00757. The van der Waals surface area contributed by atoms with Crippen molar-refractivity contribution in [3.8, 4) is 0 Å². The van der Waals surface area contributed by atoms with Crippen molar-refractivity contribution < 1.29 is 9.53 Å². The van der Waals surface area contributed by atoms with Crippen molar-refractivity contribution in [2.45, 2.75) is 31.5 Å². The molecule has 12 heteroatoms. The van der Waals surface area contributed by atoms with Crippen molar-refractivity contribution in [2.24, 2.45) is 0 Å². The number of H-pyrrole nitrogens is 1. The SMILES string of the molecule is CCCCn1c(N)c(N(CCOC)C(=O)CSc2nnc3ccccn23)c(=O)[nH]c1=O. The Morgan fingerprint density at radius 1 is 1.32 bits per heavy atom. The molecule has 166 valence electrons. The number of nitrogens with two attached hydrogens (primary N) is 1. The lowest BCUT2D eigenvalue weighted by Gasteiger charge is -2.24. The van der Waals surface area contributed by atoms with E-state index in [1.165, 1.54) is 28.3 Å². The summed E-state index contributed by atoms with van der Waals surface area (Å²) < 4.78 is 8.15. The van der Waals surface area contributed by atoms with Gasteiger partial charge in [-0.05, 0) is 18.6 Å². The number of unbranched alkanes of at least 4 members (excludes halogenated alkanes) is 1. The zero-order valence-electron chi connectivity index (χ0n) is 17.4. The first-order valence-electron chi connectivity index (χ1n) is 9.82. The van der Waals surface area contributed by atoms with E-state index in [0.717, 1.165) is 6.42 Å². The molecule has 0 aliphatic carbocycles. The number of thioether (sulfide) groups is 1. The van der Waals surface area contributed by atoms with Crippen molar-refractivity contribution in [2.75, 3.05) is 36.6 Å². The van der Waals surface area contributed by atoms with Gasteiger partial charge in [-0.3, -0.25) is 23.5 Å². The lowest BCUT2D eigenvalue weighted by atomic mass is 10.3. The molecule has 3 aromatic rings. The number of pyridine rings is 1. The first-order valence-corrected chi connectivity index (χ1v) is 10.8. The molecule has 3 rings (SSSR count). The Bertz CT molecular complexity index is 1170. The molecular weight excluding hydrogens is 422 g/mol. The summed E-state index contributed by atoms with van der Waals surface area (Å²) in [5.41, 5.74) is 5.48. The third-order valence-electron chi connectivity index (χ3n) is 4.65. The normalized spacial score (nSPS) is 11.2. The molecule has 3 heterocycles. The summed E-state index contributed by atoms with van der Waals surface area (Å²) in [5.74, 6) is -0.413. The number of carbonyl (C=O) groups is 1. The Morgan fingerprint density at radius 2 is 2.13 bits per heavy atom. The lowest BCUT2D eigenvalue weighted by Crippen LogP contribution is -2.43. The summed E-state index contributed by atoms with van der Waals surface area (Å²) in [6, 6.07) is 5.50. The van der Waals surface area contributed by atoms with Gasteiger partial charge in [0.1, 0.15) is 5.82 Å². The van der Waals surface area contributed by atoms with Gasteiger partial charge in [-0.1, -0.05) is 31.2 Å². The van der Waals surface area contributed by atoms with Crippen LogP contribution in [0, 0.1) is 0 Å². The minimum atomic E-state index is -0.711. The van der Waals surface area contributed by atoms with Gasteiger partial charge in [-0.25, -0.2) is 4.79 Å². The second-order valence-corrected chi connectivity index (χ2v) is 7.68. The molecule has 0 radical (unpaired) electrons. The lowest BCUT2D eigenvalue weighted by molar-refractivity contribution is -0.116. The zero-order chi connectivity index (χ0) is 22.4. The molecular formula is C19H25N7O4S. The summed E-state index contributed by atoms with van der Waals surface area (Å²) in [6.07, 6.45) is 3.35. The number of anilines is 2. The fraction of sp³-hybridized carbons (Fsp3) is 0.421. The number of fused-ring (bicyclic) bond motifs is 1. The van der Waals surface area contributed by atoms with Crippen LogP contribution < -0.4 is 21.9 Å². The second kappa shape index (κ2) is 10.3. The Hall–Kier alpha value is -3.12. The predicted octanol–water partition coefficient (Wildman–Crippen LogP) is 0.733. The zero-order valence-corrected chi connectivity index (χ0v) is 18.2. The molecule has 0 aromatic carbocycles. The summed E-state index contributed by atoms with van der Waals surface area (Å²) >= 11 is 1.19. The van der Waals surface area contributed by atoms with E-state index in [2.05, 4.69) is 15.2 Å². The van der Waals surface area contributed by atoms with Gasteiger partial charge in [0.2, 0.25) is 5.91 Å².